The summed E-state index contributed by atoms with van der Waals surface area (Å²) in [6, 6.07) is 5.13. The Morgan fingerprint density at radius 1 is 1.38 bits per heavy atom. The molecule has 8 heteroatoms. The number of hydrogen-bond donors (Lipinski definition) is 3. The zero-order valence-electron chi connectivity index (χ0n) is 12.0. The second-order valence-corrected chi connectivity index (χ2v) is 6.03. The van der Waals surface area contributed by atoms with E-state index in [2.05, 4.69) is 14.8 Å². The van der Waals surface area contributed by atoms with Crippen LogP contribution in [0, 0.1) is 0 Å². The average Bonchev–Trinajstić information content (AvgIpc) is 2.50. The number of rotatable bonds is 8. The molecule has 0 saturated heterocycles. The van der Waals surface area contributed by atoms with Gasteiger partial charge in [-0.2, -0.15) is 0 Å². The summed E-state index contributed by atoms with van der Waals surface area (Å²) in [7, 11) is -2.49. The number of hydrogen-bond acceptors (Lipinski definition) is 6. The molecule has 0 saturated carbocycles. The van der Waals surface area contributed by atoms with Crippen LogP contribution in [0.2, 0.25) is 0 Å². The number of nitrogens with one attached hydrogen (secondary N) is 2. The SMILES string of the molecule is CCCNS(=O)(=O)c1ccccc1NC(CO)C(=O)OC. The minimum atomic E-state index is -3.69. The zero-order valence-corrected chi connectivity index (χ0v) is 12.8. The first-order chi connectivity index (χ1) is 9.96. The first kappa shape index (κ1) is 17.4. The van der Waals surface area contributed by atoms with E-state index in [4.69, 9.17) is 0 Å². The Morgan fingerprint density at radius 3 is 2.62 bits per heavy atom. The van der Waals surface area contributed by atoms with Crippen molar-refractivity contribution in [2.45, 2.75) is 24.3 Å². The van der Waals surface area contributed by atoms with E-state index in [-0.39, 0.29) is 10.6 Å². The summed E-state index contributed by atoms with van der Waals surface area (Å²) in [5.41, 5.74) is 0.227. The topological polar surface area (TPSA) is 105 Å². The molecule has 0 amide bonds. The molecule has 0 bridgehead atoms. The van der Waals surface area contributed by atoms with Gasteiger partial charge in [0.2, 0.25) is 10.0 Å². The number of carbonyl (C=O) groups is 1. The largest absolute Gasteiger partial charge is 0.467 e. The summed E-state index contributed by atoms with van der Waals surface area (Å²) >= 11 is 0. The lowest BCUT2D eigenvalue weighted by Crippen LogP contribution is -2.35. The van der Waals surface area contributed by atoms with Crippen LogP contribution in [0.25, 0.3) is 0 Å². The van der Waals surface area contributed by atoms with Crippen molar-refractivity contribution >= 4 is 21.7 Å². The number of methoxy groups -OCH3 is 1. The fourth-order valence-corrected chi connectivity index (χ4v) is 2.95. The maximum absolute atomic E-state index is 12.2. The Morgan fingerprint density at radius 2 is 2.05 bits per heavy atom. The van der Waals surface area contributed by atoms with Crippen LogP contribution in [0.4, 0.5) is 5.69 Å². The van der Waals surface area contributed by atoms with Crippen molar-refractivity contribution in [3.05, 3.63) is 24.3 Å². The molecule has 1 atom stereocenters. The summed E-state index contributed by atoms with van der Waals surface area (Å²) in [6.45, 7) is 1.66. The lowest BCUT2D eigenvalue weighted by atomic mass is 10.2. The van der Waals surface area contributed by atoms with Crippen LogP contribution in [-0.4, -0.2) is 45.8 Å². The zero-order chi connectivity index (χ0) is 15.9. The van der Waals surface area contributed by atoms with Gasteiger partial charge < -0.3 is 15.2 Å². The molecule has 3 N–H and O–H groups in total. The number of esters is 1. The molecule has 0 aliphatic heterocycles. The number of benzene rings is 1. The number of aliphatic hydroxyl groups is 1. The predicted octanol–water partition coefficient (Wildman–Crippen LogP) is 0.321. The highest BCUT2D eigenvalue weighted by Gasteiger charge is 2.23. The van der Waals surface area contributed by atoms with Gasteiger partial charge >= 0.3 is 5.97 Å². The molecule has 1 rings (SSSR count). The van der Waals surface area contributed by atoms with Crippen LogP contribution in [-0.2, 0) is 19.6 Å². The fraction of sp³-hybridized carbons (Fsp3) is 0.462. The van der Waals surface area contributed by atoms with Crippen LogP contribution in [0.3, 0.4) is 0 Å². The maximum atomic E-state index is 12.2. The Hall–Kier alpha value is -1.64. The molecular weight excluding hydrogens is 296 g/mol. The van der Waals surface area contributed by atoms with Crippen LogP contribution in [0.5, 0.6) is 0 Å². The van der Waals surface area contributed by atoms with Crippen molar-refractivity contribution in [1.82, 2.24) is 4.72 Å². The second-order valence-electron chi connectivity index (χ2n) is 4.30. The van der Waals surface area contributed by atoms with E-state index >= 15 is 0 Å². The van der Waals surface area contributed by atoms with Crippen molar-refractivity contribution in [2.75, 3.05) is 25.6 Å². The van der Waals surface area contributed by atoms with Gasteiger partial charge in [-0.25, -0.2) is 17.9 Å². The van der Waals surface area contributed by atoms with E-state index < -0.39 is 28.6 Å². The number of para-hydroxylation sites is 1. The highest BCUT2D eigenvalue weighted by molar-refractivity contribution is 7.89. The molecule has 0 fully saturated rings. The van der Waals surface area contributed by atoms with E-state index in [1.54, 1.807) is 12.1 Å². The third-order valence-corrected chi connectivity index (χ3v) is 4.24. The Bertz CT molecular complexity index is 574. The van der Waals surface area contributed by atoms with Gasteiger partial charge in [-0.05, 0) is 18.6 Å². The van der Waals surface area contributed by atoms with Crippen LogP contribution >= 0.6 is 0 Å². The number of aliphatic hydroxyl groups excluding tert-OH is 1. The Labute approximate surface area is 124 Å². The van der Waals surface area contributed by atoms with Crippen molar-refractivity contribution in [3.8, 4) is 0 Å². The lowest BCUT2D eigenvalue weighted by Gasteiger charge is -2.18. The second kappa shape index (κ2) is 7.96. The lowest BCUT2D eigenvalue weighted by molar-refractivity contribution is -0.142. The monoisotopic (exact) mass is 316 g/mol. The highest BCUT2D eigenvalue weighted by Crippen LogP contribution is 2.21. The van der Waals surface area contributed by atoms with Crippen LogP contribution in [0.15, 0.2) is 29.2 Å². The van der Waals surface area contributed by atoms with Crippen LogP contribution < -0.4 is 10.0 Å². The molecule has 21 heavy (non-hydrogen) atoms. The molecule has 0 aliphatic carbocycles. The van der Waals surface area contributed by atoms with E-state index in [1.165, 1.54) is 19.2 Å². The summed E-state index contributed by atoms with van der Waals surface area (Å²) in [5.74, 6) is -0.675. The molecule has 118 valence electrons. The first-order valence-electron chi connectivity index (χ1n) is 6.50. The number of anilines is 1. The molecule has 0 aromatic heterocycles. The van der Waals surface area contributed by atoms with Crippen molar-refractivity contribution in [2.24, 2.45) is 0 Å². The molecule has 1 unspecified atom stereocenters. The van der Waals surface area contributed by atoms with Gasteiger partial charge in [-0.15, -0.1) is 0 Å². The minimum absolute atomic E-state index is 0.0146. The smallest absolute Gasteiger partial charge is 0.330 e. The predicted molar refractivity (Wildman–Crippen MR) is 78.4 cm³/mol. The molecule has 0 aliphatic rings. The molecule has 0 radical (unpaired) electrons. The normalized spacial score (nSPS) is 12.7. The van der Waals surface area contributed by atoms with Gasteiger partial charge in [0, 0.05) is 6.54 Å². The fourth-order valence-electron chi connectivity index (χ4n) is 1.64. The standard InChI is InChI=1S/C13H20N2O5S/c1-3-8-14-21(18,19)12-7-5-4-6-10(12)15-11(9-16)13(17)20-2/h4-7,11,14-16H,3,8-9H2,1-2H3. The maximum Gasteiger partial charge on any atom is 0.330 e. The van der Waals surface area contributed by atoms with Gasteiger partial charge in [0.05, 0.1) is 19.4 Å². The number of sulfonamides is 1. The van der Waals surface area contributed by atoms with Crippen molar-refractivity contribution in [1.29, 1.82) is 0 Å². The van der Waals surface area contributed by atoms with Crippen molar-refractivity contribution < 1.29 is 23.1 Å². The van der Waals surface area contributed by atoms with Gasteiger partial charge in [-0.1, -0.05) is 19.1 Å². The molecule has 1 aromatic rings. The quantitative estimate of drug-likeness (QED) is 0.597. The van der Waals surface area contributed by atoms with Crippen molar-refractivity contribution in [3.63, 3.8) is 0 Å². The highest BCUT2D eigenvalue weighted by atomic mass is 32.2. The molecule has 1 aromatic carbocycles. The Kier molecular flexibility index (Phi) is 6.60. The van der Waals surface area contributed by atoms with E-state index in [1.807, 2.05) is 6.92 Å². The third-order valence-electron chi connectivity index (χ3n) is 2.72. The van der Waals surface area contributed by atoms with Gasteiger partial charge in [0.25, 0.3) is 0 Å². The summed E-state index contributed by atoms with van der Waals surface area (Å²) in [5, 5.41) is 11.9. The molecule has 7 nitrogen and oxygen atoms in total. The average molecular weight is 316 g/mol. The van der Waals surface area contributed by atoms with E-state index in [0.717, 1.165) is 0 Å². The summed E-state index contributed by atoms with van der Waals surface area (Å²) in [6.07, 6.45) is 0.663. The van der Waals surface area contributed by atoms with Gasteiger partial charge in [-0.3, -0.25) is 0 Å². The third kappa shape index (κ3) is 4.69. The number of ether oxygens (including phenoxy) is 1. The minimum Gasteiger partial charge on any atom is -0.467 e. The first-order valence-corrected chi connectivity index (χ1v) is 7.98. The van der Waals surface area contributed by atoms with Gasteiger partial charge in [0.15, 0.2) is 0 Å². The molecular formula is C13H20N2O5S. The van der Waals surface area contributed by atoms with E-state index in [9.17, 15) is 18.3 Å². The van der Waals surface area contributed by atoms with Crippen LogP contribution in [0.1, 0.15) is 13.3 Å². The number of carbonyl (C=O) groups excluding carboxylic acids is 1. The van der Waals surface area contributed by atoms with E-state index in [0.29, 0.717) is 13.0 Å². The molecule has 0 heterocycles. The Balaban J connectivity index is 3.07. The molecule has 0 spiro atoms. The summed E-state index contributed by atoms with van der Waals surface area (Å²) < 4.78 is 31.4. The summed E-state index contributed by atoms with van der Waals surface area (Å²) in [4.78, 5) is 11.5. The van der Waals surface area contributed by atoms with Gasteiger partial charge in [0.1, 0.15) is 10.9 Å².